The number of benzene rings is 2. The van der Waals surface area contributed by atoms with E-state index >= 15 is 0 Å². The predicted molar refractivity (Wildman–Crippen MR) is 118 cm³/mol. The van der Waals surface area contributed by atoms with E-state index in [9.17, 15) is 9.18 Å². The van der Waals surface area contributed by atoms with Gasteiger partial charge in [-0.1, -0.05) is 54.9 Å². The molecule has 1 aromatic heterocycles. The summed E-state index contributed by atoms with van der Waals surface area (Å²) in [4.78, 5) is 12.2. The van der Waals surface area contributed by atoms with Gasteiger partial charge in [0, 0.05) is 17.9 Å². The summed E-state index contributed by atoms with van der Waals surface area (Å²) in [6.07, 6.45) is 2.35. The summed E-state index contributed by atoms with van der Waals surface area (Å²) >= 11 is 1.53. The van der Waals surface area contributed by atoms with Crippen LogP contribution in [0.4, 0.5) is 4.39 Å². The highest BCUT2D eigenvalue weighted by Gasteiger charge is 2.21. The monoisotopic (exact) mass is 426 g/mol. The number of aromatic nitrogens is 3. The zero-order valence-corrected chi connectivity index (χ0v) is 18.4. The Bertz CT molecular complexity index is 970. The average molecular weight is 427 g/mol. The SMILES string of the molecule is CCCCC(=O)NC(C)c1nnc(SCc2ccc(F)cc2)n1-c1ccc(C)cc1. The third-order valence-corrected chi connectivity index (χ3v) is 5.75. The molecule has 0 spiro atoms. The van der Waals surface area contributed by atoms with Gasteiger partial charge in [-0.2, -0.15) is 0 Å². The van der Waals surface area contributed by atoms with E-state index in [1.165, 1.54) is 23.9 Å². The number of carbonyl (C=O) groups excluding carboxylic acids is 1. The van der Waals surface area contributed by atoms with Crippen molar-refractivity contribution in [2.24, 2.45) is 0 Å². The van der Waals surface area contributed by atoms with Crippen molar-refractivity contribution in [1.29, 1.82) is 0 Å². The maximum absolute atomic E-state index is 13.2. The molecule has 1 amide bonds. The number of amides is 1. The molecule has 0 aliphatic carbocycles. The van der Waals surface area contributed by atoms with E-state index in [0.717, 1.165) is 34.8 Å². The zero-order valence-electron chi connectivity index (χ0n) is 17.6. The lowest BCUT2D eigenvalue weighted by atomic mass is 10.2. The lowest BCUT2D eigenvalue weighted by Gasteiger charge is -2.16. The number of rotatable bonds is 9. The number of unbranched alkanes of at least 4 members (excludes halogenated alkanes) is 1. The summed E-state index contributed by atoms with van der Waals surface area (Å²) in [5, 5.41) is 12.5. The Morgan fingerprint density at radius 1 is 1.13 bits per heavy atom. The third-order valence-electron chi connectivity index (χ3n) is 4.75. The van der Waals surface area contributed by atoms with Crippen LogP contribution in [-0.2, 0) is 10.5 Å². The van der Waals surface area contributed by atoms with E-state index in [0.29, 0.717) is 18.0 Å². The highest BCUT2D eigenvalue weighted by molar-refractivity contribution is 7.98. The van der Waals surface area contributed by atoms with Crippen LogP contribution in [0.2, 0.25) is 0 Å². The molecule has 0 fully saturated rings. The minimum Gasteiger partial charge on any atom is -0.346 e. The Morgan fingerprint density at radius 3 is 2.50 bits per heavy atom. The van der Waals surface area contributed by atoms with Crippen molar-refractivity contribution in [1.82, 2.24) is 20.1 Å². The molecular formula is C23H27FN4OS. The van der Waals surface area contributed by atoms with Gasteiger partial charge in [0.15, 0.2) is 11.0 Å². The minimum atomic E-state index is -0.275. The summed E-state index contributed by atoms with van der Waals surface area (Å²) in [6.45, 7) is 6.03. The van der Waals surface area contributed by atoms with E-state index in [1.807, 2.05) is 42.7 Å². The van der Waals surface area contributed by atoms with Gasteiger partial charge in [0.05, 0.1) is 6.04 Å². The van der Waals surface area contributed by atoms with Gasteiger partial charge in [-0.15, -0.1) is 10.2 Å². The minimum absolute atomic E-state index is 0.0170. The molecule has 30 heavy (non-hydrogen) atoms. The summed E-state index contributed by atoms with van der Waals surface area (Å²) in [6, 6.07) is 14.3. The molecule has 0 bridgehead atoms. The normalized spacial score (nSPS) is 12.0. The predicted octanol–water partition coefficient (Wildman–Crippen LogP) is 5.37. The Morgan fingerprint density at radius 2 is 1.83 bits per heavy atom. The van der Waals surface area contributed by atoms with Gasteiger partial charge < -0.3 is 5.32 Å². The zero-order chi connectivity index (χ0) is 21.5. The highest BCUT2D eigenvalue weighted by Crippen LogP contribution is 2.28. The van der Waals surface area contributed by atoms with Crippen LogP contribution in [0.5, 0.6) is 0 Å². The lowest BCUT2D eigenvalue weighted by Crippen LogP contribution is -2.28. The molecule has 0 aliphatic heterocycles. The Balaban J connectivity index is 1.85. The van der Waals surface area contributed by atoms with Crippen molar-refractivity contribution < 1.29 is 9.18 Å². The average Bonchev–Trinajstić information content (AvgIpc) is 3.16. The van der Waals surface area contributed by atoms with Crippen LogP contribution in [0.3, 0.4) is 0 Å². The highest BCUT2D eigenvalue weighted by atomic mass is 32.2. The number of halogens is 1. The first-order chi connectivity index (χ1) is 14.5. The molecule has 1 heterocycles. The fourth-order valence-electron chi connectivity index (χ4n) is 3.04. The molecule has 1 unspecified atom stereocenters. The number of nitrogens with one attached hydrogen (secondary N) is 1. The molecule has 0 radical (unpaired) electrons. The summed E-state index contributed by atoms with van der Waals surface area (Å²) in [5.41, 5.74) is 3.11. The second-order valence-corrected chi connectivity index (χ2v) is 8.26. The first-order valence-corrected chi connectivity index (χ1v) is 11.2. The molecule has 1 N–H and O–H groups in total. The van der Waals surface area contributed by atoms with E-state index in [2.05, 4.69) is 22.4 Å². The first kappa shape index (κ1) is 22.0. The second-order valence-electron chi connectivity index (χ2n) is 7.32. The van der Waals surface area contributed by atoms with Gasteiger partial charge in [0.1, 0.15) is 5.82 Å². The third kappa shape index (κ3) is 5.69. The molecular weight excluding hydrogens is 399 g/mol. The van der Waals surface area contributed by atoms with Gasteiger partial charge in [-0.3, -0.25) is 9.36 Å². The number of carbonyl (C=O) groups is 1. The van der Waals surface area contributed by atoms with Crippen molar-refractivity contribution in [2.75, 3.05) is 0 Å². The van der Waals surface area contributed by atoms with Crippen LogP contribution in [-0.4, -0.2) is 20.7 Å². The molecule has 0 aliphatic rings. The van der Waals surface area contributed by atoms with Gasteiger partial charge in [0.2, 0.25) is 5.91 Å². The number of hydrogen-bond acceptors (Lipinski definition) is 4. The maximum Gasteiger partial charge on any atom is 0.220 e. The molecule has 3 aromatic rings. The Kier molecular flexibility index (Phi) is 7.63. The summed E-state index contributed by atoms with van der Waals surface area (Å²) in [7, 11) is 0. The van der Waals surface area contributed by atoms with Crippen LogP contribution < -0.4 is 5.32 Å². The largest absolute Gasteiger partial charge is 0.346 e. The molecule has 0 saturated carbocycles. The van der Waals surface area contributed by atoms with Crippen molar-refractivity contribution in [3.8, 4) is 5.69 Å². The molecule has 1 atom stereocenters. The molecule has 5 nitrogen and oxygen atoms in total. The Hall–Kier alpha value is -2.67. The molecule has 7 heteroatoms. The standard InChI is InChI=1S/C23H27FN4OS/c1-4-5-6-21(29)25-17(3)22-26-27-23(28(22)20-13-7-16(2)8-14-20)30-15-18-9-11-19(24)12-10-18/h7-14,17H,4-6,15H2,1-3H3,(H,25,29). The smallest absolute Gasteiger partial charge is 0.220 e. The topological polar surface area (TPSA) is 59.8 Å². The van der Waals surface area contributed by atoms with Crippen LogP contribution in [0.1, 0.15) is 56.1 Å². The van der Waals surface area contributed by atoms with Crippen LogP contribution in [0.15, 0.2) is 53.7 Å². The fraction of sp³-hybridized carbons (Fsp3) is 0.348. The number of hydrogen-bond donors (Lipinski definition) is 1. The van der Waals surface area contributed by atoms with Gasteiger partial charge in [0.25, 0.3) is 0 Å². The van der Waals surface area contributed by atoms with Crippen molar-refractivity contribution in [3.05, 3.63) is 71.3 Å². The van der Waals surface area contributed by atoms with Crippen molar-refractivity contribution in [3.63, 3.8) is 0 Å². The van der Waals surface area contributed by atoms with Gasteiger partial charge >= 0.3 is 0 Å². The quantitative estimate of drug-likeness (QED) is 0.467. The summed E-state index contributed by atoms with van der Waals surface area (Å²) < 4.78 is 15.2. The summed E-state index contributed by atoms with van der Waals surface area (Å²) in [5.74, 6) is 1.09. The Labute approximate surface area is 181 Å². The number of nitrogens with zero attached hydrogens (tertiary/aromatic N) is 3. The molecule has 2 aromatic carbocycles. The van der Waals surface area contributed by atoms with Crippen LogP contribution >= 0.6 is 11.8 Å². The fourth-order valence-corrected chi connectivity index (χ4v) is 3.95. The maximum atomic E-state index is 13.2. The van der Waals surface area contributed by atoms with Crippen molar-refractivity contribution in [2.45, 2.75) is 57.0 Å². The van der Waals surface area contributed by atoms with Crippen LogP contribution in [0.25, 0.3) is 5.69 Å². The number of thioether (sulfide) groups is 1. The molecule has 158 valence electrons. The van der Waals surface area contributed by atoms with Gasteiger partial charge in [-0.25, -0.2) is 4.39 Å². The van der Waals surface area contributed by atoms with Crippen LogP contribution in [0, 0.1) is 12.7 Å². The van der Waals surface area contributed by atoms with E-state index < -0.39 is 0 Å². The second kappa shape index (κ2) is 10.4. The van der Waals surface area contributed by atoms with E-state index in [1.54, 1.807) is 12.1 Å². The van der Waals surface area contributed by atoms with Crippen molar-refractivity contribution >= 4 is 17.7 Å². The lowest BCUT2D eigenvalue weighted by molar-refractivity contribution is -0.121. The molecule has 0 saturated heterocycles. The first-order valence-electron chi connectivity index (χ1n) is 10.2. The van der Waals surface area contributed by atoms with E-state index in [4.69, 9.17) is 0 Å². The van der Waals surface area contributed by atoms with E-state index in [-0.39, 0.29) is 17.8 Å². The number of aryl methyl sites for hydroxylation is 1. The molecule has 3 rings (SSSR count). The van der Waals surface area contributed by atoms with Gasteiger partial charge in [-0.05, 0) is 50.1 Å².